The number of aromatic nitrogens is 2. The number of nitrogens with two attached hydrogens (primary N) is 1. The van der Waals surface area contributed by atoms with E-state index in [1.165, 1.54) is 10.6 Å². The molecule has 0 amide bonds. The number of benzene rings is 1. The summed E-state index contributed by atoms with van der Waals surface area (Å²) >= 11 is 5.40. The fraction of sp³-hybridized carbons (Fsp3) is 0.308. The maximum absolute atomic E-state index is 5.68. The second kappa shape index (κ2) is 5.80. The van der Waals surface area contributed by atoms with Crippen molar-refractivity contribution in [2.24, 2.45) is 0 Å². The van der Waals surface area contributed by atoms with Crippen molar-refractivity contribution in [1.29, 1.82) is 0 Å². The van der Waals surface area contributed by atoms with Crippen LogP contribution >= 0.6 is 27.7 Å². The fourth-order valence-corrected chi connectivity index (χ4v) is 3.26. The van der Waals surface area contributed by atoms with Crippen LogP contribution < -0.4 is 5.73 Å². The number of hydrogen-bond donors (Lipinski definition) is 1. The number of anilines is 1. The van der Waals surface area contributed by atoms with Gasteiger partial charge in [0.1, 0.15) is 0 Å². The van der Waals surface area contributed by atoms with Gasteiger partial charge in [0, 0.05) is 22.9 Å². The zero-order valence-electron chi connectivity index (χ0n) is 10.5. The van der Waals surface area contributed by atoms with Gasteiger partial charge >= 0.3 is 0 Å². The van der Waals surface area contributed by atoms with Crippen molar-refractivity contribution in [2.75, 3.05) is 5.73 Å². The Morgan fingerprint density at radius 2 is 2.00 bits per heavy atom. The second-order valence-corrected chi connectivity index (χ2v) is 5.86. The molecule has 2 rings (SSSR count). The van der Waals surface area contributed by atoms with Crippen LogP contribution in [0.15, 0.2) is 33.6 Å². The van der Waals surface area contributed by atoms with E-state index in [1.807, 2.05) is 35.9 Å². The Labute approximate surface area is 120 Å². The molecule has 0 aliphatic carbocycles. The monoisotopic (exact) mass is 325 g/mol. The summed E-state index contributed by atoms with van der Waals surface area (Å²) < 4.78 is 3.16. The predicted octanol–water partition coefficient (Wildman–Crippen LogP) is 3.85. The molecule has 0 saturated carbocycles. The molecule has 1 aromatic carbocycles. The third-order valence-corrected chi connectivity index (χ3v) is 4.76. The Morgan fingerprint density at radius 1 is 1.33 bits per heavy atom. The van der Waals surface area contributed by atoms with E-state index in [0.717, 1.165) is 28.2 Å². The van der Waals surface area contributed by atoms with Gasteiger partial charge in [0.25, 0.3) is 0 Å². The summed E-state index contributed by atoms with van der Waals surface area (Å²) in [5.74, 6) is 0.902. The molecular formula is C13H16BrN3S. The molecule has 0 fully saturated rings. The van der Waals surface area contributed by atoms with Gasteiger partial charge in [-0.25, -0.2) is 0 Å². The summed E-state index contributed by atoms with van der Waals surface area (Å²) in [5.41, 5.74) is 8.76. The normalized spacial score (nSPS) is 10.8. The van der Waals surface area contributed by atoms with Crippen molar-refractivity contribution in [3.8, 4) is 0 Å². The quantitative estimate of drug-likeness (QED) is 0.686. The van der Waals surface area contributed by atoms with Gasteiger partial charge in [0.05, 0.1) is 15.9 Å². The largest absolute Gasteiger partial charge is 0.399 e. The van der Waals surface area contributed by atoms with Gasteiger partial charge in [0.2, 0.25) is 0 Å². The van der Waals surface area contributed by atoms with Crippen molar-refractivity contribution < 1.29 is 0 Å². The van der Waals surface area contributed by atoms with Crippen LogP contribution in [0.25, 0.3) is 0 Å². The SMILES string of the molecule is CCn1nc(C)c(Br)c1CSc1ccc(N)cc1. The van der Waals surface area contributed by atoms with Crippen LogP contribution in [0.3, 0.4) is 0 Å². The van der Waals surface area contributed by atoms with Crippen LogP contribution in [0.4, 0.5) is 5.69 Å². The number of rotatable bonds is 4. The number of thioether (sulfide) groups is 1. The standard InChI is InChI=1S/C13H16BrN3S/c1-3-17-12(13(14)9(2)16-17)8-18-11-6-4-10(15)5-7-11/h4-7H,3,8,15H2,1-2H3. The summed E-state index contributed by atoms with van der Waals surface area (Å²) in [6.07, 6.45) is 0. The molecule has 1 heterocycles. The van der Waals surface area contributed by atoms with Crippen LogP contribution in [0.2, 0.25) is 0 Å². The Bertz CT molecular complexity index is 534. The summed E-state index contributed by atoms with van der Waals surface area (Å²) in [6.45, 7) is 5.02. The highest BCUT2D eigenvalue weighted by atomic mass is 79.9. The molecule has 0 aliphatic rings. The highest BCUT2D eigenvalue weighted by molar-refractivity contribution is 9.10. The van der Waals surface area contributed by atoms with Crippen LogP contribution in [0.5, 0.6) is 0 Å². The summed E-state index contributed by atoms with van der Waals surface area (Å²) in [4.78, 5) is 1.22. The van der Waals surface area contributed by atoms with E-state index in [4.69, 9.17) is 5.73 Å². The molecule has 3 nitrogen and oxygen atoms in total. The average Bonchev–Trinajstić information content (AvgIpc) is 2.65. The van der Waals surface area contributed by atoms with E-state index < -0.39 is 0 Å². The Hall–Kier alpha value is -0.940. The number of aryl methyl sites for hydroxylation is 2. The third-order valence-electron chi connectivity index (χ3n) is 2.71. The highest BCUT2D eigenvalue weighted by Crippen LogP contribution is 2.29. The van der Waals surface area contributed by atoms with Crippen molar-refractivity contribution in [1.82, 2.24) is 9.78 Å². The van der Waals surface area contributed by atoms with Gasteiger partial charge in [-0.3, -0.25) is 4.68 Å². The minimum absolute atomic E-state index is 0.801. The number of nitrogens with zero attached hydrogens (tertiary/aromatic N) is 2. The Balaban J connectivity index is 2.12. The van der Waals surface area contributed by atoms with E-state index in [2.05, 4.69) is 28.0 Å². The summed E-state index contributed by atoms with van der Waals surface area (Å²) in [7, 11) is 0. The van der Waals surface area contributed by atoms with E-state index in [9.17, 15) is 0 Å². The molecule has 0 saturated heterocycles. The molecule has 2 aromatic rings. The summed E-state index contributed by atoms with van der Waals surface area (Å²) in [6, 6.07) is 7.96. The molecule has 2 N–H and O–H groups in total. The molecule has 96 valence electrons. The van der Waals surface area contributed by atoms with Crippen molar-refractivity contribution in [3.05, 3.63) is 40.1 Å². The maximum Gasteiger partial charge on any atom is 0.0739 e. The van der Waals surface area contributed by atoms with Gasteiger partial charge < -0.3 is 5.73 Å². The first-order chi connectivity index (χ1) is 8.61. The van der Waals surface area contributed by atoms with E-state index in [1.54, 1.807) is 11.8 Å². The van der Waals surface area contributed by atoms with Crippen LogP contribution in [-0.4, -0.2) is 9.78 Å². The van der Waals surface area contributed by atoms with Crippen LogP contribution in [-0.2, 0) is 12.3 Å². The lowest BCUT2D eigenvalue weighted by Gasteiger charge is -2.05. The molecule has 0 bridgehead atoms. The third kappa shape index (κ3) is 2.90. The fourth-order valence-electron chi connectivity index (χ4n) is 1.72. The zero-order valence-corrected chi connectivity index (χ0v) is 12.9. The molecule has 5 heteroatoms. The van der Waals surface area contributed by atoms with Gasteiger partial charge in [-0.1, -0.05) is 0 Å². The topological polar surface area (TPSA) is 43.8 Å². The lowest BCUT2D eigenvalue weighted by molar-refractivity contribution is 0.631. The van der Waals surface area contributed by atoms with E-state index in [-0.39, 0.29) is 0 Å². The minimum atomic E-state index is 0.801. The molecule has 0 unspecified atom stereocenters. The number of nitrogen functional groups attached to an aromatic ring is 1. The van der Waals surface area contributed by atoms with Gasteiger partial charge in [-0.2, -0.15) is 5.10 Å². The van der Waals surface area contributed by atoms with Crippen LogP contribution in [0, 0.1) is 6.92 Å². The highest BCUT2D eigenvalue weighted by Gasteiger charge is 2.11. The van der Waals surface area contributed by atoms with E-state index >= 15 is 0 Å². The molecule has 0 spiro atoms. The predicted molar refractivity (Wildman–Crippen MR) is 80.8 cm³/mol. The van der Waals surface area contributed by atoms with Gasteiger partial charge in [-0.05, 0) is 54.0 Å². The average molecular weight is 326 g/mol. The first-order valence-corrected chi connectivity index (χ1v) is 7.59. The first kappa shape index (κ1) is 13.5. The van der Waals surface area contributed by atoms with Crippen molar-refractivity contribution in [2.45, 2.75) is 31.0 Å². The zero-order chi connectivity index (χ0) is 13.1. The maximum atomic E-state index is 5.68. The summed E-state index contributed by atoms with van der Waals surface area (Å²) in [5, 5.41) is 4.49. The molecule has 0 radical (unpaired) electrons. The number of halogens is 1. The van der Waals surface area contributed by atoms with Crippen molar-refractivity contribution in [3.63, 3.8) is 0 Å². The smallest absolute Gasteiger partial charge is 0.0739 e. The molecule has 0 aliphatic heterocycles. The Kier molecular flexibility index (Phi) is 4.35. The Morgan fingerprint density at radius 3 is 2.61 bits per heavy atom. The number of hydrogen-bond acceptors (Lipinski definition) is 3. The van der Waals surface area contributed by atoms with E-state index in [0.29, 0.717) is 0 Å². The second-order valence-electron chi connectivity index (χ2n) is 4.02. The van der Waals surface area contributed by atoms with Gasteiger partial charge in [0.15, 0.2) is 0 Å². The molecule has 18 heavy (non-hydrogen) atoms. The molecule has 1 aromatic heterocycles. The van der Waals surface area contributed by atoms with Crippen molar-refractivity contribution >= 4 is 33.4 Å². The molecular weight excluding hydrogens is 310 g/mol. The lowest BCUT2D eigenvalue weighted by Crippen LogP contribution is -2.01. The van der Waals surface area contributed by atoms with Crippen LogP contribution in [0.1, 0.15) is 18.3 Å². The minimum Gasteiger partial charge on any atom is -0.399 e. The first-order valence-electron chi connectivity index (χ1n) is 5.82. The van der Waals surface area contributed by atoms with Gasteiger partial charge in [-0.15, -0.1) is 11.8 Å². The lowest BCUT2D eigenvalue weighted by atomic mass is 10.3. The molecule has 0 atom stereocenters.